The maximum atomic E-state index is 11.7. The number of amides is 1. The Bertz CT molecular complexity index is 382. The maximum Gasteiger partial charge on any atom is 0.220 e. The number of hydrogen-bond acceptors (Lipinski definition) is 2. The van der Waals surface area contributed by atoms with Crippen LogP contribution in [0.15, 0.2) is 24.3 Å². The molecule has 1 amide bonds. The molecule has 0 aliphatic rings. The topological polar surface area (TPSA) is 38.3 Å². The van der Waals surface area contributed by atoms with Crippen LogP contribution in [0.5, 0.6) is 0 Å². The summed E-state index contributed by atoms with van der Waals surface area (Å²) in [6.45, 7) is 2.50. The van der Waals surface area contributed by atoms with Crippen LogP contribution in [-0.2, 0) is 16.0 Å². The summed E-state index contributed by atoms with van der Waals surface area (Å²) in [5.41, 5.74) is 2.43. The second kappa shape index (κ2) is 8.11. The van der Waals surface area contributed by atoms with E-state index in [4.69, 9.17) is 16.3 Å². The number of rotatable bonds is 7. The molecule has 0 spiro atoms. The third-order valence-corrected chi connectivity index (χ3v) is 3.17. The SMILES string of the molecule is COCC(CCl)NC(=O)CCc1ccccc1C. The number of hydrogen-bond donors (Lipinski definition) is 1. The molecule has 0 aromatic heterocycles. The Morgan fingerprint density at radius 2 is 2.17 bits per heavy atom. The first-order valence-corrected chi connectivity index (χ1v) is 6.59. The minimum atomic E-state index is -0.110. The van der Waals surface area contributed by atoms with Gasteiger partial charge in [0.25, 0.3) is 0 Å². The van der Waals surface area contributed by atoms with E-state index in [0.717, 1.165) is 6.42 Å². The van der Waals surface area contributed by atoms with Crippen LogP contribution >= 0.6 is 11.6 Å². The van der Waals surface area contributed by atoms with Gasteiger partial charge in [-0.15, -0.1) is 11.6 Å². The molecule has 1 aromatic carbocycles. The number of halogens is 1. The molecular formula is C14H20ClNO2. The predicted octanol–water partition coefficient (Wildman–Crippen LogP) is 2.30. The van der Waals surface area contributed by atoms with E-state index in [1.807, 2.05) is 12.1 Å². The quantitative estimate of drug-likeness (QED) is 0.772. The highest BCUT2D eigenvalue weighted by Gasteiger charge is 2.11. The molecular weight excluding hydrogens is 250 g/mol. The van der Waals surface area contributed by atoms with Crippen LogP contribution in [0.25, 0.3) is 0 Å². The Labute approximate surface area is 113 Å². The van der Waals surface area contributed by atoms with Gasteiger partial charge in [-0.05, 0) is 24.5 Å². The van der Waals surface area contributed by atoms with E-state index in [0.29, 0.717) is 18.9 Å². The summed E-state index contributed by atoms with van der Waals surface area (Å²) in [5.74, 6) is 0.380. The maximum absolute atomic E-state index is 11.7. The lowest BCUT2D eigenvalue weighted by Gasteiger charge is -2.15. The van der Waals surface area contributed by atoms with Gasteiger partial charge in [-0.1, -0.05) is 24.3 Å². The molecule has 3 nitrogen and oxygen atoms in total. The van der Waals surface area contributed by atoms with Crippen molar-refractivity contribution in [2.24, 2.45) is 0 Å². The van der Waals surface area contributed by atoms with Crippen LogP contribution < -0.4 is 5.32 Å². The van der Waals surface area contributed by atoms with Gasteiger partial charge in [-0.25, -0.2) is 0 Å². The van der Waals surface area contributed by atoms with E-state index >= 15 is 0 Å². The van der Waals surface area contributed by atoms with E-state index in [1.54, 1.807) is 7.11 Å². The molecule has 0 aliphatic carbocycles. The number of alkyl halides is 1. The Balaban J connectivity index is 2.39. The van der Waals surface area contributed by atoms with Crippen molar-refractivity contribution >= 4 is 17.5 Å². The van der Waals surface area contributed by atoms with Gasteiger partial charge in [0.15, 0.2) is 0 Å². The van der Waals surface area contributed by atoms with E-state index in [-0.39, 0.29) is 11.9 Å². The summed E-state index contributed by atoms with van der Waals surface area (Å²) >= 11 is 5.74. The van der Waals surface area contributed by atoms with Crippen molar-refractivity contribution in [3.05, 3.63) is 35.4 Å². The molecule has 1 rings (SSSR count). The number of carbonyl (C=O) groups is 1. The van der Waals surface area contributed by atoms with Gasteiger partial charge in [0.1, 0.15) is 0 Å². The number of carbonyl (C=O) groups excluding carboxylic acids is 1. The second-order valence-electron chi connectivity index (χ2n) is 4.30. The number of aryl methyl sites for hydroxylation is 2. The molecule has 0 saturated carbocycles. The van der Waals surface area contributed by atoms with Gasteiger partial charge in [0.2, 0.25) is 5.91 Å². The fourth-order valence-corrected chi connectivity index (χ4v) is 1.93. The molecule has 1 aromatic rings. The van der Waals surface area contributed by atoms with Crippen LogP contribution in [0.4, 0.5) is 0 Å². The third-order valence-electron chi connectivity index (χ3n) is 2.80. The molecule has 0 radical (unpaired) electrons. The summed E-state index contributed by atoms with van der Waals surface area (Å²) in [5, 5.41) is 2.86. The fraction of sp³-hybridized carbons (Fsp3) is 0.500. The van der Waals surface area contributed by atoms with Crippen LogP contribution in [0.1, 0.15) is 17.5 Å². The van der Waals surface area contributed by atoms with Gasteiger partial charge >= 0.3 is 0 Å². The molecule has 18 heavy (non-hydrogen) atoms. The average molecular weight is 270 g/mol. The molecule has 100 valence electrons. The Morgan fingerprint density at radius 1 is 1.44 bits per heavy atom. The molecule has 1 atom stereocenters. The highest BCUT2D eigenvalue weighted by atomic mass is 35.5. The fourth-order valence-electron chi connectivity index (χ4n) is 1.76. The van der Waals surface area contributed by atoms with Gasteiger partial charge < -0.3 is 10.1 Å². The van der Waals surface area contributed by atoms with Gasteiger partial charge in [0.05, 0.1) is 12.6 Å². The molecule has 4 heteroatoms. The summed E-state index contributed by atoms with van der Waals surface area (Å²) in [6.07, 6.45) is 1.22. The van der Waals surface area contributed by atoms with Crippen molar-refractivity contribution in [2.45, 2.75) is 25.8 Å². The highest BCUT2D eigenvalue weighted by Crippen LogP contribution is 2.09. The molecule has 0 saturated heterocycles. The predicted molar refractivity (Wildman–Crippen MR) is 74.0 cm³/mol. The van der Waals surface area contributed by atoms with Crippen LogP contribution in [-0.4, -0.2) is 31.5 Å². The first kappa shape index (κ1) is 15.0. The van der Waals surface area contributed by atoms with Crippen molar-refractivity contribution in [1.29, 1.82) is 0 Å². The average Bonchev–Trinajstić information content (AvgIpc) is 2.37. The van der Waals surface area contributed by atoms with E-state index < -0.39 is 0 Å². The Kier molecular flexibility index (Phi) is 6.76. The largest absolute Gasteiger partial charge is 0.383 e. The number of benzene rings is 1. The summed E-state index contributed by atoms with van der Waals surface area (Å²) in [6, 6.07) is 7.99. The zero-order valence-corrected chi connectivity index (χ0v) is 11.7. The van der Waals surface area contributed by atoms with E-state index in [1.165, 1.54) is 11.1 Å². The van der Waals surface area contributed by atoms with E-state index in [9.17, 15) is 4.79 Å². The molecule has 1 N–H and O–H groups in total. The van der Waals surface area contributed by atoms with Crippen LogP contribution in [0, 0.1) is 6.92 Å². The monoisotopic (exact) mass is 269 g/mol. The number of ether oxygens (including phenoxy) is 1. The van der Waals surface area contributed by atoms with Crippen LogP contribution in [0.2, 0.25) is 0 Å². The van der Waals surface area contributed by atoms with Crippen molar-refractivity contribution in [2.75, 3.05) is 19.6 Å². The summed E-state index contributed by atoms with van der Waals surface area (Å²) < 4.78 is 4.98. The molecule has 0 heterocycles. The second-order valence-corrected chi connectivity index (χ2v) is 4.61. The lowest BCUT2D eigenvalue weighted by atomic mass is 10.0. The lowest BCUT2D eigenvalue weighted by molar-refractivity contribution is -0.121. The summed E-state index contributed by atoms with van der Waals surface area (Å²) in [4.78, 5) is 11.7. The zero-order valence-electron chi connectivity index (χ0n) is 10.9. The first-order valence-electron chi connectivity index (χ1n) is 6.06. The minimum absolute atomic E-state index is 0.0148. The Morgan fingerprint density at radius 3 is 2.78 bits per heavy atom. The van der Waals surface area contributed by atoms with Gasteiger partial charge in [-0.3, -0.25) is 4.79 Å². The normalized spacial score (nSPS) is 12.2. The van der Waals surface area contributed by atoms with E-state index in [2.05, 4.69) is 24.4 Å². The standard InChI is InChI=1S/C14H20ClNO2/c1-11-5-3-4-6-12(11)7-8-14(17)16-13(9-15)10-18-2/h3-6,13H,7-10H2,1-2H3,(H,16,17). The van der Waals surface area contributed by atoms with Crippen molar-refractivity contribution < 1.29 is 9.53 Å². The summed E-state index contributed by atoms with van der Waals surface area (Å²) in [7, 11) is 1.60. The van der Waals surface area contributed by atoms with Gasteiger partial charge in [0, 0.05) is 19.4 Å². The number of methoxy groups -OCH3 is 1. The van der Waals surface area contributed by atoms with Crippen LogP contribution in [0.3, 0.4) is 0 Å². The molecule has 0 aliphatic heterocycles. The molecule has 0 fully saturated rings. The first-order chi connectivity index (χ1) is 8.67. The zero-order chi connectivity index (χ0) is 13.4. The molecule has 1 unspecified atom stereocenters. The molecule has 0 bridgehead atoms. The van der Waals surface area contributed by atoms with Crippen molar-refractivity contribution in [1.82, 2.24) is 5.32 Å². The van der Waals surface area contributed by atoms with Crippen molar-refractivity contribution in [3.63, 3.8) is 0 Å². The third kappa shape index (κ3) is 5.07. The van der Waals surface area contributed by atoms with Crippen molar-refractivity contribution in [3.8, 4) is 0 Å². The smallest absolute Gasteiger partial charge is 0.220 e. The van der Waals surface area contributed by atoms with Gasteiger partial charge in [-0.2, -0.15) is 0 Å². The lowest BCUT2D eigenvalue weighted by Crippen LogP contribution is -2.39. The minimum Gasteiger partial charge on any atom is -0.383 e. The Hall–Kier alpha value is -1.06. The highest BCUT2D eigenvalue weighted by molar-refractivity contribution is 6.18. The number of nitrogens with one attached hydrogen (secondary N) is 1.